The van der Waals surface area contributed by atoms with Gasteiger partial charge in [0.2, 0.25) is 0 Å². The largest absolute Gasteiger partial charge is 0.382 e. The molecule has 0 aromatic carbocycles. The van der Waals surface area contributed by atoms with Crippen LogP contribution in [0, 0.1) is 11.3 Å². The van der Waals surface area contributed by atoms with Crippen LogP contribution in [0.4, 0.5) is 10.8 Å². The van der Waals surface area contributed by atoms with Crippen molar-refractivity contribution in [3.05, 3.63) is 5.56 Å². The normalized spacial score (nSPS) is 10.3. The Bertz CT molecular complexity index is 365. The molecule has 0 unspecified atom stereocenters. The number of anilines is 2. The maximum Gasteiger partial charge on any atom is 0.157 e. The third kappa shape index (κ3) is 2.81. The molecule has 1 heterocycles. The van der Waals surface area contributed by atoms with Crippen molar-refractivity contribution < 1.29 is 0 Å². The van der Waals surface area contributed by atoms with Gasteiger partial charge in [-0.3, -0.25) is 0 Å². The van der Waals surface area contributed by atoms with Gasteiger partial charge in [0, 0.05) is 20.1 Å². The number of nitrogens with two attached hydrogens (primary N) is 1. The summed E-state index contributed by atoms with van der Waals surface area (Å²) < 4.78 is 3.98. The molecule has 0 aliphatic carbocycles. The van der Waals surface area contributed by atoms with Gasteiger partial charge in [-0.05, 0) is 25.6 Å². The van der Waals surface area contributed by atoms with E-state index in [9.17, 15) is 0 Å². The van der Waals surface area contributed by atoms with Gasteiger partial charge >= 0.3 is 0 Å². The molecule has 0 atom stereocenters. The first-order chi connectivity index (χ1) is 7.06. The maximum atomic E-state index is 8.91. The summed E-state index contributed by atoms with van der Waals surface area (Å²) in [6.07, 6.45) is 0. The molecule has 82 valence electrons. The molecule has 2 N–H and O–H groups in total. The average Bonchev–Trinajstić information content (AvgIpc) is 2.55. The first-order valence-electron chi connectivity index (χ1n) is 4.57. The molecule has 6 heteroatoms. The Morgan fingerprint density at radius 3 is 2.60 bits per heavy atom. The number of rotatable bonds is 4. The molecule has 0 fully saturated rings. The summed E-state index contributed by atoms with van der Waals surface area (Å²) in [6.45, 7) is 1.78. The first-order valence-corrected chi connectivity index (χ1v) is 5.34. The van der Waals surface area contributed by atoms with Crippen molar-refractivity contribution in [1.82, 2.24) is 9.27 Å². The van der Waals surface area contributed by atoms with Crippen molar-refractivity contribution in [1.29, 1.82) is 5.26 Å². The average molecular weight is 225 g/mol. The van der Waals surface area contributed by atoms with Crippen LogP contribution < -0.4 is 10.6 Å². The number of nitrogens with zero attached hydrogens (tertiary/aromatic N) is 4. The fourth-order valence-corrected chi connectivity index (χ4v) is 1.86. The van der Waals surface area contributed by atoms with Crippen molar-refractivity contribution in [2.24, 2.45) is 0 Å². The van der Waals surface area contributed by atoms with Crippen molar-refractivity contribution in [3.63, 3.8) is 0 Å². The zero-order valence-corrected chi connectivity index (χ0v) is 10.0. The van der Waals surface area contributed by atoms with Crippen LogP contribution in [0.1, 0.15) is 5.56 Å². The molecule has 0 bridgehead atoms. The Balaban J connectivity index is 2.74. The van der Waals surface area contributed by atoms with Crippen LogP contribution in [0.5, 0.6) is 0 Å². The van der Waals surface area contributed by atoms with Crippen LogP contribution in [0.25, 0.3) is 0 Å². The molecule has 0 spiro atoms. The Morgan fingerprint density at radius 1 is 1.40 bits per heavy atom. The molecule has 1 aromatic rings. The summed E-state index contributed by atoms with van der Waals surface area (Å²) in [5.41, 5.74) is 6.07. The highest BCUT2D eigenvalue weighted by Gasteiger charge is 2.14. The fraction of sp³-hybridized carbons (Fsp3) is 0.556. The quantitative estimate of drug-likeness (QED) is 0.812. The standard InChI is InChI=1S/C9H15N5S/c1-13(2)4-5-14(3)9-7(6-10)8(11)12-15-9/h4-5H2,1-3H3,(H2,11,12). The van der Waals surface area contributed by atoms with Gasteiger partial charge in [0.25, 0.3) is 0 Å². The second-order valence-electron chi connectivity index (χ2n) is 3.58. The number of nitrogen functional groups attached to an aromatic ring is 1. The van der Waals surface area contributed by atoms with Crippen molar-refractivity contribution in [2.45, 2.75) is 0 Å². The molecule has 1 aromatic heterocycles. The summed E-state index contributed by atoms with van der Waals surface area (Å²) in [6, 6.07) is 2.08. The van der Waals surface area contributed by atoms with E-state index >= 15 is 0 Å². The van der Waals surface area contributed by atoms with Crippen LogP contribution in [0.2, 0.25) is 0 Å². The molecule has 0 aliphatic heterocycles. The van der Waals surface area contributed by atoms with Gasteiger partial charge in [-0.2, -0.15) is 9.64 Å². The highest BCUT2D eigenvalue weighted by atomic mass is 32.1. The molecule has 0 radical (unpaired) electrons. The lowest BCUT2D eigenvalue weighted by Gasteiger charge is -2.19. The molecular weight excluding hydrogens is 210 g/mol. The molecule has 15 heavy (non-hydrogen) atoms. The Morgan fingerprint density at radius 2 is 2.07 bits per heavy atom. The second kappa shape index (κ2) is 4.96. The highest BCUT2D eigenvalue weighted by Crippen LogP contribution is 2.28. The third-order valence-electron chi connectivity index (χ3n) is 2.04. The van der Waals surface area contributed by atoms with Gasteiger partial charge in [0.15, 0.2) is 5.82 Å². The highest BCUT2D eigenvalue weighted by molar-refractivity contribution is 7.10. The zero-order chi connectivity index (χ0) is 11.4. The number of nitriles is 1. The topological polar surface area (TPSA) is 69.2 Å². The smallest absolute Gasteiger partial charge is 0.157 e. The van der Waals surface area contributed by atoms with Crippen LogP contribution in [0.3, 0.4) is 0 Å². The summed E-state index contributed by atoms with van der Waals surface area (Å²) in [5.74, 6) is 0.328. The van der Waals surface area contributed by atoms with Crippen molar-refractivity contribution in [3.8, 4) is 6.07 Å². The van der Waals surface area contributed by atoms with Crippen LogP contribution in [-0.4, -0.2) is 43.5 Å². The monoisotopic (exact) mass is 225 g/mol. The van der Waals surface area contributed by atoms with Crippen LogP contribution in [-0.2, 0) is 0 Å². The van der Waals surface area contributed by atoms with E-state index in [2.05, 4.69) is 15.3 Å². The number of hydrogen-bond acceptors (Lipinski definition) is 6. The van der Waals surface area contributed by atoms with Gasteiger partial charge in [-0.1, -0.05) is 0 Å². The van der Waals surface area contributed by atoms with E-state index in [0.717, 1.165) is 18.1 Å². The van der Waals surface area contributed by atoms with Crippen LogP contribution in [0.15, 0.2) is 0 Å². The molecule has 1 rings (SSSR count). The lowest BCUT2D eigenvalue weighted by atomic mass is 10.3. The SMILES string of the molecule is CN(C)CCN(C)c1snc(N)c1C#N. The number of aromatic nitrogens is 1. The van der Waals surface area contributed by atoms with Crippen LogP contribution >= 0.6 is 11.5 Å². The molecular formula is C9H15N5S. The summed E-state index contributed by atoms with van der Waals surface area (Å²) >= 11 is 1.27. The van der Waals surface area contributed by atoms with Crippen molar-refractivity contribution in [2.75, 3.05) is 44.9 Å². The van der Waals surface area contributed by atoms with Gasteiger partial charge < -0.3 is 15.5 Å². The van der Waals surface area contributed by atoms with Crippen molar-refractivity contribution >= 4 is 22.4 Å². The molecule has 0 aliphatic rings. The Labute approximate surface area is 93.9 Å². The molecule has 0 saturated heterocycles. The van der Waals surface area contributed by atoms with Gasteiger partial charge in [-0.25, -0.2) is 0 Å². The Hall–Kier alpha value is -1.32. The van der Waals surface area contributed by atoms with Gasteiger partial charge in [0.1, 0.15) is 16.6 Å². The minimum absolute atomic E-state index is 0.328. The first kappa shape index (κ1) is 11.8. The summed E-state index contributed by atoms with van der Waals surface area (Å²) in [4.78, 5) is 4.10. The number of likely N-dealkylation sites (N-methyl/N-ethyl adjacent to an activating group) is 2. The lowest BCUT2D eigenvalue weighted by molar-refractivity contribution is 0.417. The number of hydrogen-bond donors (Lipinski definition) is 1. The van der Waals surface area contributed by atoms with E-state index < -0.39 is 0 Å². The maximum absolute atomic E-state index is 8.91. The van der Waals surface area contributed by atoms with Gasteiger partial charge in [0.05, 0.1) is 0 Å². The predicted molar refractivity (Wildman–Crippen MR) is 63.1 cm³/mol. The fourth-order valence-electron chi connectivity index (χ4n) is 1.11. The molecule has 0 amide bonds. The third-order valence-corrected chi connectivity index (χ3v) is 3.02. The van der Waals surface area contributed by atoms with Gasteiger partial charge in [-0.15, -0.1) is 0 Å². The van der Waals surface area contributed by atoms with E-state index in [1.54, 1.807) is 0 Å². The minimum atomic E-state index is 0.328. The van der Waals surface area contributed by atoms with E-state index in [1.807, 2.05) is 26.0 Å². The predicted octanol–water partition coefficient (Wildman–Crippen LogP) is 0.595. The zero-order valence-electron chi connectivity index (χ0n) is 9.19. The van der Waals surface area contributed by atoms with E-state index in [0.29, 0.717) is 11.4 Å². The molecule has 0 saturated carbocycles. The minimum Gasteiger partial charge on any atom is -0.382 e. The van der Waals surface area contributed by atoms with E-state index in [4.69, 9.17) is 11.0 Å². The second-order valence-corrected chi connectivity index (χ2v) is 4.34. The summed E-state index contributed by atoms with van der Waals surface area (Å²) in [7, 11) is 5.97. The molecule has 5 nitrogen and oxygen atoms in total. The lowest BCUT2D eigenvalue weighted by Crippen LogP contribution is -2.28. The van der Waals surface area contributed by atoms with E-state index in [-0.39, 0.29) is 0 Å². The van der Waals surface area contributed by atoms with E-state index in [1.165, 1.54) is 11.5 Å². The Kier molecular flexibility index (Phi) is 3.88. The summed E-state index contributed by atoms with van der Waals surface area (Å²) in [5, 5.41) is 9.76.